The van der Waals surface area contributed by atoms with Gasteiger partial charge in [-0.2, -0.15) is 0 Å². The van der Waals surface area contributed by atoms with Crippen LogP contribution in [0.5, 0.6) is 5.75 Å². The minimum Gasteiger partial charge on any atom is -0.491 e. The maximum absolute atomic E-state index is 12.9. The van der Waals surface area contributed by atoms with Gasteiger partial charge in [-0.15, -0.1) is 0 Å². The molecule has 3 nitrogen and oxygen atoms in total. The van der Waals surface area contributed by atoms with Crippen molar-refractivity contribution in [1.29, 1.82) is 0 Å². The molecule has 5 heteroatoms. The summed E-state index contributed by atoms with van der Waals surface area (Å²) in [6.07, 6.45) is 0. The number of halogens is 2. The maximum atomic E-state index is 12.9. The number of H-pyrrole nitrogens is 1. The van der Waals surface area contributed by atoms with E-state index >= 15 is 0 Å². The zero-order valence-electron chi connectivity index (χ0n) is 7.80. The standard InChI is InChI=1S/C10H7F2NO2/c1-15-9-3-5-2-6(11)7(12)4-8(5)13-10(9)14/h2-4H,1H3,(H,13,14). The van der Waals surface area contributed by atoms with E-state index in [1.54, 1.807) is 0 Å². The van der Waals surface area contributed by atoms with Crippen LogP contribution < -0.4 is 10.3 Å². The fourth-order valence-electron chi connectivity index (χ4n) is 1.33. The molecule has 0 saturated carbocycles. The number of aromatic amines is 1. The fourth-order valence-corrected chi connectivity index (χ4v) is 1.33. The molecular weight excluding hydrogens is 204 g/mol. The third-order valence-electron chi connectivity index (χ3n) is 2.07. The predicted molar refractivity (Wildman–Crippen MR) is 51.0 cm³/mol. The number of pyridine rings is 1. The summed E-state index contributed by atoms with van der Waals surface area (Å²) in [5.74, 6) is -1.89. The molecule has 2 aromatic rings. The molecule has 0 fully saturated rings. The van der Waals surface area contributed by atoms with Gasteiger partial charge in [0, 0.05) is 11.5 Å². The van der Waals surface area contributed by atoms with Gasteiger partial charge in [-0.25, -0.2) is 8.78 Å². The lowest BCUT2D eigenvalue weighted by molar-refractivity contribution is 0.409. The van der Waals surface area contributed by atoms with E-state index in [2.05, 4.69) is 4.98 Å². The normalized spacial score (nSPS) is 10.6. The van der Waals surface area contributed by atoms with Crippen molar-refractivity contribution in [2.24, 2.45) is 0 Å². The number of rotatable bonds is 1. The summed E-state index contributed by atoms with van der Waals surface area (Å²) in [5.41, 5.74) is -0.240. The summed E-state index contributed by atoms with van der Waals surface area (Å²) in [4.78, 5) is 13.7. The zero-order chi connectivity index (χ0) is 11.0. The number of hydrogen-bond acceptors (Lipinski definition) is 2. The Kier molecular flexibility index (Phi) is 2.15. The van der Waals surface area contributed by atoms with Gasteiger partial charge in [0.2, 0.25) is 0 Å². The largest absolute Gasteiger partial charge is 0.491 e. The van der Waals surface area contributed by atoms with Crippen LogP contribution in [0.1, 0.15) is 0 Å². The number of nitrogens with one attached hydrogen (secondary N) is 1. The quantitative estimate of drug-likeness (QED) is 0.781. The van der Waals surface area contributed by atoms with Gasteiger partial charge in [0.1, 0.15) is 0 Å². The third kappa shape index (κ3) is 1.56. The lowest BCUT2D eigenvalue weighted by atomic mass is 10.2. The monoisotopic (exact) mass is 211 g/mol. The molecule has 78 valence electrons. The maximum Gasteiger partial charge on any atom is 0.290 e. The van der Waals surface area contributed by atoms with Crippen molar-refractivity contribution in [3.05, 3.63) is 40.2 Å². The summed E-state index contributed by atoms with van der Waals surface area (Å²) in [6, 6.07) is 3.30. The van der Waals surface area contributed by atoms with Crippen molar-refractivity contribution >= 4 is 10.9 Å². The van der Waals surface area contributed by atoms with Crippen molar-refractivity contribution in [3.63, 3.8) is 0 Å². The average Bonchev–Trinajstić information content (AvgIpc) is 2.20. The fraction of sp³-hybridized carbons (Fsp3) is 0.100. The van der Waals surface area contributed by atoms with E-state index < -0.39 is 17.2 Å². The molecule has 1 aromatic heterocycles. The van der Waals surface area contributed by atoms with E-state index in [0.29, 0.717) is 5.39 Å². The first-order valence-corrected chi connectivity index (χ1v) is 4.18. The highest BCUT2D eigenvalue weighted by Crippen LogP contribution is 2.18. The molecule has 0 saturated heterocycles. The molecule has 0 bridgehead atoms. The van der Waals surface area contributed by atoms with E-state index in [9.17, 15) is 13.6 Å². The Morgan fingerprint density at radius 2 is 1.87 bits per heavy atom. The highest BCUT2D eigenvalue weighted by atomic mass is 19.2. The van der Waals surface area contributed by atoms with Gasteiger partial charge >= 0.3 is 0 Å². The lowest BCUT2D eigenvalue weighted by Crippen LogP contribution is -2.08. The summed E-state index contributed by atoms with van der Waals surface area (Å²) in [6.45, 7) is 0. The van der Waals surface area contributed by atoms with Gasteiger partial charge in [-0.3, -0.25) is 4.79 Å². The van der Waals surface area contributed by atoms with Gasteiger partial charge < -0.3 is 9.72 Å². The predicted octanol–water partition coefficient (Wildman–Crippen LogP) is 1.81. The first-order chi connectivity index (χ1) is 7.11. The second-order valence-corrected chi connectivity index (χ2v) is 3.02. The number of hydrogen-bond donors (Lipinski definition) is 1. The molecule has 0 aliphatic carbocycles. The van der Waals surface area contributed by atoms with Crippen LogP contribution in [0.4, 0.5) is 8.78 Å². The molecule has 2 rings (SSSR count). The van der Waals surface area contributed by atoms with Gasteiger partial charge in [0.05, 0.1) is 12.6 Å². The SMILES string of the molecule is COc1cc2cc(F)c(F)cc2[nH]c1=O. The molecule has 1 N–H and O–H groups in total. The van der Waals surface area contributed by atoms with Gasteiger partial charge in [0.15, 0.2) is 17.4 Å². The molecule has 1 aromatic carbocycles. The van der Waals surface area contributed by atoms with Crippen LogP contribution in [0, 0.1) is 11.6 Å². The number of aromatic nitrogens is 1. The Labute approximate surface area is 83.3 Å². The van der Waals surface area contributed by atoms with Crippen molar-refractivity contribution in [2.45, 2.75) is 0 Å². The highest BCUT2D eigenvalue weighted by molar-refractivity contribution is 5.79. The lowest BCUT2D eigenvalue weighted by Gasteiger charge is -2.02. The minimum atomic E-state index is -0.997. The molecule has 0 aliphatic rings. The van der Waals surface area contributed by atoms with E-state index in [0.717, 1.165) is 12.1 Å². The topological polar surface area (TPSA) is 42.1 Å². The number of ether oxygens (including phenoxy) is 1. The van der Waals surface area contributed by atoms with Crippen LogP contribution in [-0.2, 0) is 0 Å². The van der Waals surface area contributed by atoms with E-state index in [1.807, 2.05) is 0 Å². The third-order valence-corrected chi connectivity index (χ3v) is 2.07. The molecule has 0 amide bonds. The molecule has 15 heavy (non-hydrogen) atoms. The Morgan fingerprint density at radius 1 is 1.20 bits per heavy atom. The average molecular weight is 211 g/mol. The summed E-state index contributed by atoms with van der Waals surface area (Å²) in [7, 11) is 1.33. The molecule has 0 aliphatic heterocycles. The van der Waals surface area contributed by atoms with Crippen LogP contribution in [0.3, 0.4) is 0 Å². The van der Waals surface area contributed by atoms with Crippen LogP contribution in [0.25, 0.3) is 10.9 Å². The highest BCUT2D eigenvalue weighted by Gasteiger charge is 2.07. The van der Waals surface area contributed by atoms with E-state index in [-0.39, 0.29) is 11.3 Å². The minimum absolute atomic E-state index is 0.0634. The zero-order valence-corrected chi connectivity index (χ0v) is 7.80. The Balaban J connectivity index is 2.82. The summed E-state index contributed by atoms with van der Waals surface area (Å²) < 4.78 is 30.5. The summed E-state index contributed by atoms with van der Waals surface area (Å²) in [5, 5.41) is 0.380. The number of methoxy groups -OCH3 is 1. The van der Waals surface area contributed by atoms with Gasteiger partial charge in [-0.1, -0.05) is 0 Å². The second kappa shape index (κ2) is 3.34. The number of benzene rings is 1. The van der Waals surface area contributed by atoms with Crippen molar-refractivity contribution in [1.82, 2.24) is 4.98 Å². The van der Waals surface area contributed by atoms with Crippen molar-refractivity contribution in [3.8, 4) is 5.75 Å². The first kappa shape index (κ1) is 9.64. The van der Waals surface area contributed by atoms with E-state index in [1.165, 1.54) is 13.2 Å². The molecule has 0 spiro atoms. The Hall–Kier alpha value is -1.91. The Bertz CT molecular complexity index is 577. The van der Waals surface area contributed by atoms with Crippen LogP contribution >= 0.6 is 0 Å². The summed E-state index contributed by atoms with van der Waals surface area (Å²) >= 11 is 0. The van der Waals surface area contributed by atoms with E-state index in [4.69, 9.17) is 4.74 Å². The molecule has 0 atom stereocenters. The molecular formula is C10H7F2NO2. The van der Waals surface area contributed by atoms with Gasteiger partial charge in [0.25, 0.3) is 5.56 Å². The first-order valence-electron chi connectivity index (χ1n) is 4.18. The molecule has 0 radical (unpaired) electrons. The van der Waals surface area contributed by atoms with Gasteiger partial charge in [-0.05, 0) is 12.1 Å². The van der Waals surface area contributed by atoms with Crippen molar-refractivity contribution < 1.29 is 13.5 Å². The molecule has 1 heterocycles. The molecule has 0 unspecified atom stereocenters. The van der Waals surface area contributed by atoms with Crippen LogP contribution in [0.15, 0.2) is 23.0 Å². The van der Waals surface area contributed by atoms with Crippen LogP contribution in [-0.4, -0.2) is 12.1 Å². The number of fused-ring (bicyclic) bond motifs is 1. The Morgan fingerprint density at radius 3 is 2.53 bits per heavy atom. The smallest absolute Gasteiger partial charge is 0.290 e. The van der Waals surface area contributed by atoms with Crippen LogP contribution in [0.2, 0.25) is 0 Å². The second-order valence-electron chi connectivity index (χ2n) is 3.02. The van der Waals surface area contributed by atoms with Crippen molar-refractivity contribution in [2.75, 3.05) is 7.11 Å².